The minimum atomic E-state index is -0.678. The van der Waals surface area contributed by atoms with Gasteiger partial charge in [0, 0.05) is 7.92 Å². The van der Waals surface area contributed by atoms with Crippen LogP contribution in [0.1, 0.15) is 6.92 Å². The lowest BCUT2D eigenvalue weighted by atomic mass is 10.4. The first-order valence-corrected chi connectivity index (χ1v) is 7.82. The highest BCUT2D eigenvalue weighted by atomic mass is 31.1. The molecule has 2 nitrogen and oxygen atoms in total. The second-order valence-corrected chi connectivity index (χ2v) is 7.12. The molecule has 1 saturated heterocycles. The van der Waals surface area contributed by atoms with Crippen LogP contribution in [0.15, 0.2) is 60.7 Å². The zero-order valence-corrected chi connectivity index (χ0v) is 11.8. The van der Waals surface area contributed by atoms with Crippen molar-refractivity contribution in [2.75, 3.05) is 13.2 Å². The summed E-state index contributed by atoms with van der Waals surface area (Å²) in [6, 6.07) is 21.0. The van der Waals surface area contributed by atoms with Crippen molar-refractivity contribution in [1.82, 2.24) is 0 Å². The van der Waals surface area contributed by atoms with E-state index in [0.717, 1.165) is 0 Å². The fourth-order valence-corrected chi connectivity index (χ4v) is 5.02. The molecule has 2 aromatic carbocycles. The standard InChI is InChI=1S/C16H17O2P/c1-16(17-12-13-18-16)19(14-8-4-2-5-9-14)15-10-6-3-7-11-15/h2-11H,12-13H2,1H3. The van der Waals surface area contributed by atoms with Gasteiger partial charge in [-0.25, -0.2) is 0 Å². The first-order chi connectivity index (χ1) is 9.30. The number of ether oxygens (including phenoxy) is 2. The third-order valence-electron chi connectivity index (χ3n) is 3.26. The Kier molecular flexibility index (Phi) is 3.65. The Labute approximate surface area is 115 Å². The molecule has 98 valence electrons. The maximum atomic E-state index is 5.92. The first-order valence-electron chi connectivity index (χ1n) is 6.48. The van der Waals surface area contributed by atoms with Crippen LogP contribution in [-0.4, -0.2) is 18.7 Å². The maximum Gasteiger partial charge on any atom is 0.192 e. The molecular weight excluding hydrogens is 255 g/mol. The van der Waals surface area contributed by atoms with Gasteiger partial charge in [-0.3, -0.25) is 0 Å². The van der Waals surface area contributed by atoms with Crippen LogP contribution in [0, 0.1) is 0 Å². The lowest BCUT2D eigenvalue weighted by Gasteiger charge is -2.33. The third kappa shape index (κ3) is 2.57. The summed E-state index contributed by atoms with van der Waals surface area (Å²) in [5.74, 6) is 0. The summed E-state index contributed by atoms with van der Waals surface area (Å²) < 4.78 is 11.8. The van der Waals surface area contributed by atoms with Crippen LogP contribution in [-0.2, 0) is 9.47 Å². The van der Waals surface area contributed by atoms with Gasteiger partial charge in [-0.05, 0) is 17.5 Å². The van der Waals surface area contributed by atoms with Gasteiger partial charge in [0.1, 0.15) is 0 Å². The van der Waals surface area contributed by atoms with E-state index in [-0.39, 0.29) is 0 Å². The number of benzene rings is 2. The van der Waals surface area contributed by atoms with Gasteiger partial charge in [0.2, 0.25) is 0 Å². The summed E-state index contributed by atoms with van der Waals surface area (Å²) in [5, 5.41) is 2.57. The van der Waals surface area contributed by atoms with Gasteiger partial charge in [0.05, 0.1) is 13.2 Å². The monoisotopic (exact) mass is 272 g/mol. The van der Waals surface area contributed by atoms with Gasteiger partial charge in [-0.15, -0.1) is 0 Å². The van der Waals surface area contributed by atoms with E-state index in [9.17, 15) is 0 Å². The summed E-state index contributed by atoms with van der Waals surface area (Å²) >= 11 is 0. The topological polar surface area (TPSA) is 18.5 Å². The predicted octanol–water partition coefficient (Wildman–Crippen LogP) is 2.84. The molecule has 1 aliphatic heterocycles. The van der Waals surface area contributed by atoms with Crippen molar-refractivity contribution in [3.63, 3.8) is 0 Å². The van der Waals surface area contributed by atoms with E-state index in [1.54, 1.807) is 0 Å². The molecule has 1 fully saturated rings. The molecule has 0 N–H and O–H groups in total. The van der Waals surface area contributed by atoms with Gasteiger partial charge in [-0.2, -0.15) is 0 Å². The number of rotatable bonds is 3. The minimum absolute atomic E-state index is 0.516. The molecule has 0 unspecified atom stereocenters. The fraction of sp³-hybridized carbons (Fsp3) is 0.250. The second-order valence-electron chi connectivity index (χ2n) is 4.60. The van der Waals surface area contributed by atoms with Crippen LogP contribution < -0.4 is 10.6 Å². The lowest BCUT2D eigenvalue weighted by molar-refractivity contribution is -0.0641. The second kappa shape index (κ2) is 5.42. The van der Waals surface area contributed by atoms with Crippen LogP contribution in [0.2, 0.25) is 0 Å². The Morgan fingerprint density at radius 2 is 1.21 bits per heavy atom. The third-order valence-corrected chi connectivity index (χ3v) is 5.96. The quantitative estimate of drug-likeness (QED) is 0.800. The van der Waals surface area contributed by atoms with E-state index < -0.39 is 13.4 Å². The molecule has 3 heteroatoms. The summed E-state index contributed by atoms with van der Waals surface area (Å²) in [6.45, 7) is 3.41. The Balaban J connectivity index is 2.06. The molecule has 0 radical (unpaired) electrons. The molecule has 0 aliphatic carbocycles. The Hall–Kier alpha value is -1.21. The normalized spacial score (nSPS) is 17.8. The molecular formula is C16H17O2P. The lowest BCUT2D eigenvalue weighted by Crippen LogP contribution is -2.32. The Bertz CT molecular complexity index is 481. The first kappa shape index (κ1) is 12.8. The number of hydrogen-bond acceptors (Lipinski definition) is 2. The van der Waals surface area contributed by atoms with Crippen LogP contribution >= 0.6 is 7.92 Å². The fourth-order valence-electron chi connectivity index (χ4n) is 2.41. The van der Waals surface area contributed by atoms with E-state index in [4.69, 9.17) is 9.47 Å². The Morgan fingerprint density at radius 3 is 1.63 bits per heavy atom. The minimum Gasteiger partial charge on any atom is -0.344 e. The van der Waals surface area contributed by atoms with Gasteiger partial charge >= 0.3 is 0 Å². The highest BCUT2D eigenvalue weighted by molar-refractivity contribution is 7.74. The smallest absolute Gasteiger partial charge is 0.192 e. The van der Waals surface area contributed by atoms with Gasteiger partial charge in [0.25, 0.3) is 0 Å². The van der Waals surface area contributed by atoms with Crippen LogP contribution in [0.25, 0.3) is 0 Å². The van der Waals surface area contributed by atoms with Crippen molar-refractivity contribution in [1.29, 1.82) is 0 Å². The zero-order valence-electron chi connectivity index (χ0n) is 11.0. The van der Waals surface area contributed by atoms with Crippen molar-refractivity contribution >= 4 is 18.5 Å². The SMILES string of the molecule is CC1(P(c2ccccc2)c2ccccc2)OCCO1. The van der Waals surface area contributed by atoms with Gasteiger partial charge < -0.3 is 9.47 Å². The van der Waals surface area contributed by atoms with E-state index in [0.29, 0.717) is 13.2 Å². The predicted molar refractivity (Wildman–Crippen MR) is 79.4 cm³/mol. The van der Waals surface area contributed by atoms with Crippen molar-refractivity contribution < 1.29 is 9.47 Å². The summed E-state index contributed by atoms with van der Waals surface area (Å²) in [7, 11) is -0.678. The summed E-state index contributed by atoms with van der Waals surface area (Å²) in [6.07, 6.45) is 0. The van der Waals surface area contributed by atoms with Gasteiger partial charge in [0.15, 0.2) is 5.53 Å². The van der Waals surface area contributed by atoms with Crippen LogP contribution in [0.5, 0.6) is 0 Å². The molecule has 3 rings (SSSR count). The van der Waals surface area contributed by atoms with Crippen molar-refractivity contribution in [2.24, 2.45) is 0 Å². The molecule has 1 heterocycles. The van der Waals surface area contributed by atoms with Crippen LogP contribution in [0.3, 0.4) is 0 Å². The Morgan fingerprint density at radius 1 is 0.789 bits per heavy atom. The van der Waals surface area contributed by atoms with E-state index in [1.807, 2.05) is 12.1 Å². The highest BCUT2D eigenvalue weighted by Gasteiger charge is 2.41. The molecule has 0 atom stereocenters. The van der Waals surface area contributed by atoms with E-state index >= 15 is 0 Å². The molecule has 0 spiro atoms. The molecule has 0 amide bonds. The van der Waals surface area contributed by atoms with Crippen LogP contribution in [0.4, 0.5) is 0 Å². The number of hydrogen-bond donors (Lipinski definition) is 0. The van der Waals surface area contributed by atoms with E-state index in [2.05, 4.69) is 55.5 Å². The molecule has 0 aromatic heterocycles. The van der Waals surface area contributed by atoms with E-state index in [1.165, 1.54) is 10.6 Å². The average Bonchev–Trinajstić information content (AvgIpc) is 2.89. The molecule has 0 saturated carbocycles. The average molecular weight is 272 g/mol. The van der Waals surface area contributed by atoms with Gasteiger partial charge in [-0.1, -0.05) is 60.7 Å². The molecule has 1 aliphatic rings. The summed E-state index contributed by atoms with van der Waals surface area (Å²) in [4.78, 5) is 0. The van der Waals surface area contributed by atoms with Crippen molar-refractivity contribution in [2.45, 2.75) is 12.5 Å². The summed E-state index contributed by atoms with van der Waals surface area (Å²) in [5.41, 5.74) is -0.516. The largest absolute Gasteiger partial charge is 0.344 e. The zero-order chi connectivity index (χ0) is 13.1. The highest BCUT2D eigenvalue weighted by Crippen LogP contribution is 2.50. The van der Waals surface area contributed by atoms with Crippen molar-refractivity contribution in [3.05, 3.63) is 60.7 Å². The molecule has 19 heavy (non-hydrogen) atoms. The maximum absolute atomic E-state index is 5.92. The van der Waals surface area contributed by atoms with Crippen molar-refractivity contribution in [3.8, 4) is 0 Å². The molecule has 0 bridgehead atoms. The molecule has 2 aromatic rings.